The Hall–Kier alpha value is -2.89. The fraction of sp³-hybridized carbons (Fsp3) is 0.250. The maximum atomic E-state index is 13.3. The van der Waals surface area contributed by atoms with Crippen LogP contribution in [0.15, 0.2) is 59.2 Å². The van der Waals surface area contributed by atoms with Gasteiger partial charge in [0.05, 0.1) is 23.9 Å². The van der Waals surface area contributed by atoms with Gasteiger partial charge in [0.25, 0.3) is 5.91 Å². The molecule has 0 fully saturated rings. The van der Waals surface area contributed by atoms with Crippen molar-refractivity contribution in [2.75, 3.05) is 11.4 Å². The van der Waals surface area contributed by atoms with Gasteiger partial charge in [-0.2, -0.15) is 0 Å². The summed E-state index contributed by atoms with van der Waals surface area (Å²) < 4.78 is 5.32. The molecule has 3 aromatic rings. The van der Waals surface area contributed by atoms with Crippen LogP contribution in [0.2, 0.25) is 5.02 Å². The molecule has 1 amide bonds. The van der Waals surface area contributed by atoms with E-state index in [1.54, 1.807) is 36.9 Å². The summed E-state index contributed by atoms with van der Waals surface area (Å²) in [5, 5.41) is 11.9. The zero-order chi connectivity index (χ0) is 21.5. The number of ketones is 1. The number of aryl methyl sites for hydroxylation is 2. The Bertz CT molecular complexity index is 1100. The highest BCUT2D eigenvalue weighted by Gasteiger charge is 2.51. The lowest BCUT2D eigenvalue weighted by molar-refractivity contribution is -0.135. The average Bonchev–Trinajstić information content (AvgIpc) is 3.16. The number of nitrogens with zero attached hydrogens (tertiary/aromatic N) is 1. The topological polar surface area (TPSA) is 70.7 Å². The number of hydrogen-bond donors (Lipinski definition) is 1. The molecule has 0 radical (unpaired) electrons. The van der Waals surface area contributed by atoms with Gasteiger partial charge in [0.15, 0.2) is 11.4 Å². The molecule has 1 N–H and O–H groups in total. The van der Waals surface area contributed by atoms with Crippen LogP contribution < -0.4 is 4.90 Å². The van der Waals surface area contributed by atoms with E-state index in [0.717, 1.165) is 5.56 Å². The van der Waals surface area contributed by atoms with Crippen LogP contribution in [0.25, 0.3) is 0 Å². The molecule has 0 saturated heterocycles. The van der Waals surface area contributed by atoms with Gasteiger partial charge in [0, 0.05) is 17.1 Å². The molecular formula is C24H22ClNO4. The van der Waals surface area contributed by atoms with E-state index in [1.807, 2.05) is 30.3 Å². The largest absolute Gasteiger partial charge is 0.469 e. The highest BCUT2D eigenvalue weighted by Crippen LogP contribution is 2.44. The summed E-state index contributed by atoms with van der Waals surface area (Å²) >= 11 is 6.16. The molecule has 154 valence electrons. The van der Waals surface area contributed by atoms with Crippen molar-refractivity contribution in [1.82, 2.24) is 0 Å². The van der Waals surface area contributed by atoms with Gasteiger partial charge in [-0.25, -0.2) is 0 Å². The van der Waals surface area contributed by atoms with Gasteiger partial charge in [-0.05, 0) is 49.6 Å². The quantitative estimate of drug-likeness (QED) is 0.588. The Morgan fingerprint density at radius 1 is 1.17 bits per heavy atom. The Morgan fingerprint density at radius 2 is 1.90 bits per heavy atom. The lowest BCUT2D eigenvalue weighted by atomic mass is 9.87. The first-order valence-corrected chi connectivity index (χ1v) is 10.2. The number of aliphatic hydroxyl groups is 1. The molecule has 0 bridgehead atoms. The van der Waals surface area contributed by atoms with E-state index in [0.29, 0.717) is 46.1 Å². The first-order valence-electron chi connectivity index (χ1n) is 9.77. The van der Waals surface area contributed by atoms with Crippen molar-refractivity contribution >= 4 is 29.0 Å². The van der Waals surface area contributed by atoms with E-state index in [9.17, 15) is 14.7 Å². The summed E-state index contributed by atoms with van der Waals surface area (Å²) in [5.41, 5.74) is 1.14. The highest BCUT2D eigenvalue weighted by atomic mass is 35.5. The van der Waals surface area contributed by atoms with Gasteiger partial charge in [-0.3, -0.25) is 9.59 Å². The van der Waals surface area contributed by atoms with Crippen LogP contribution in [-0.2, 0) is 16.8 Å². The minimum atomic E-state index is -1.97. The zero-order valence-corrected chi connectivity index (χ0v) is 17.6. The van der Waals surface area contributed by atoms with Crippen molar-refractivity contribution in [3.63, 3.8) is 0 Å². The fourth-order valence-corrected chi connectivity index (χ4v) is 4.28. The smallest absolute Gasteiger partial charge is 0.264 e. The lowest BCUT2D eigenvalue weighted by Crippen LogP contribution is -2.42. The highest BCUT2D eigenvalue weighted by molar-refractivity contribution is 6.31. The predicted octanol–water partition coefficient (Wildman–Crippen LogP) is 4.60. The van der Waals surface area contributed by atoms with Crippen LogP contribution in [0.5, 0.6) is 0 Å². The number of carbonyl (C=O) groups excluding carboxylic acids is 2. The SMILES string of the molecule is Cc1coc(C)c1C(=O)C[C@]1(O)C(=O)N(CCc2ccccc2)c2ccc(Cl)cc21. The number of anilines is 1. The summed E-state index contributed by atoms with van der Waals surface area (Å²) in [5.74, 6) is -0.382. The first-order chi connectivity index (χ1) is 14.3. The average molecular weight is 424 g/mol. The van der Waals surface area contributed by atoms with Crippen molar-refractivity contribution in [1.29, 1.82) is 0 Å². The minimum absolute atomic E-state index is 0.342. The van der Waals surface area contributed by atoms with E-state index in [-0.39, 0.29) is 12.2 Å². The maximum absolute atomic E-state index is 13.3. The number of carbonyl (C=O) groups is 2. The van der Waals surface area contributed by atoms with E-state index in [1.165, 1.54) is 6.26 Å². The molecule has 6 heteroatoms. The Labute approximate surface area is 179 Å². The van der Waals surface area contributed by atoms with Gasteiger partial charge in [-0.15, -0.1) is 0 Å². The monoisotopic (exact) mass is 423 g/mol. The summed E-state index contributed by atoms with van der Waals surface area (Å²) in [7, 11) is 0. The molecule has 1 aliphatic heterocycles. The molecule has 0 unspecified atom stereocenters. The summed E-state index contributed by atoms with van der Waals surface area (Å²) in [6.07, 6.45) is 1.75. The number of hydrogen-bond acceptors (Lipinski definition) is 4. The van der Waals surface area contributed by atoms with E-state index < -0.39 is 11.5 Å². The fourth-order valence-electron chi connectivity index (χ4n) is 4.11. The predicted molar refractivity (Wildman–Crippen MR) is 115 cm³/mol. The van der Waals surface area contributed by atoms with Crippen molar-refractivity contribution in [2.45, 2.75) is 32.3 Å². The number of halogens is 1. The van der Waals surface area contributed by atoms with Crippen LogP contribution in [0.3, 0.4) is 0 Å². The number of Topliss-reactive ketones (excluding diaryl/α,β-unsaturated/α-hetero) is 1. The van der Waals surface area contributed by atoms with Crippen molar-refractivity contribution in [3.8, 4) is 0 Å². The molecule has 4 rings (SSSR count). The number of benzene rings is 2. The Morgan fingerprint density at radius 3 is 2.57 bits per heavy atom. The standard InChI is InChI=1S/C24H22ClNO4/c1-15-14-30-16(2)22(15)21(27)13-24(29)19-12-18(25)8-9-20(19)26(23(24)28)11-10-17-6-4-3-5-7-17/h3-9,12,14,29H,10-11,13H2,1-2H3/t24-/m1/s1. The second-order valence-electron chi connectivity index (χ2n) is 7.66. The van der Waals surface area contributed by atoms with Crippen LogP contribution in [-0.4, -0.2) is 23.3 Å². The molecule has 0 spiro atoms. The molecule has 30 heavy (non-hydrogen) atoms. The number of amides is 1. The van der Waals surface area contributed by atoms with Gasteiger partial charge < -0.3 is 14.4 Å². The summed E-state index contributed by atoms with van der Waals surface area (Å²) in [4.78, 5) is 27.9. The molecule has 2 aromatic carbocycles. The van der Waals surface area contributed by atoms with Gasteiger partial charge in [-0.1, -0.05) is 41.9 Å². The molecule has 1 aromatic heterocycles. The van der Waals surface area contributed by atoms with E-state index in [2.05, 4.69) is 0 Å². The zero-order valence-electron chi connectivity index (χ0n) is 16.8. The maximum Gasteiger partial charge on any atom is 0.264 e. The van der Waals surface area contributed by atoms with Crippen LogP contribution in [0.4, 0.5) is 5.69 Å². The number of furan rings is 1. The third-order valence-electron chi connectivity index (χ3n) is 5.61. The van der Waals surface area contributed by atoms with Gasteiger partial charge in [0.2, 0.25) is 0 Å². The molecule has 5 nitrogen and oxygen atoms in total. The normalized spacial score (nSPS) is 18.0. The summed E-state index contributed by atoms with van der Waals surface area (Å²) in [6, 6.07) is 14.8. The molecule has 1 aliphatic rings. The Kier molecular flexibility index (Phi) is 5.26. The van der Waals surface area contributed by atoms with Gasteiger partial charge >= 0.3 is 0 Å². The van der Waals surface area contributed by atoms with Gasteiger partial charge in [0.1, 0.15) is 5.76 Å². The first kappa shape index (κ1) is 20.4. The molecule has 0 aliphatic carbocycles. The van der Waals surface area contributed by atoms with E-state index >= 15 is 0 Å². The number of fused-ring (bicyclic) bond motifs is 1. The molecule has 2 heterocycles. The van der Waals surface area contributed by atoms with Crippen LogP contribution in [0, 0.1) is 13.8 Å². The second kappa shape index (κ2) is 7.74. The molecule has 0 saturated carbocycles. The number of rotatable bonds is 6. The third kappa shape index (κ3) is 3.44. The van der Waals surface area contributed by atoms with Crippen LogP contribution in [0.1, 0.15) is 39.2 Å². The van der Waals surface area contributed by atoms with Crippen molar-refractivity contribution in [3.05, 3.63) is 87.8 Å². The van der Waals surface area contributed by atoms with Crippen molar-refractivity contribution in [2.24, 2.45) is 0 Å². The summed E-state index contributed by atoms with van der Waals surface area (Å²) in [6.45, 7) is 3.84. The van der Waals surface area contributed by atoms with Crippen LogP contribution >= 0.6 is 11.6 Å². The lowest BCUT2D eigenvalue weighted by Gasteiger charge is -2.23. The minimum Gasteiger partial charge on any atom is -0.469 e. The Balaban J connectivity index is 1.67. The third-order valence-corrected chi connectivity index (χ3v) is 5.85. The molecular weight excluding hydrogens is 402 g/mol. The van der Waals surface area contributed by atoms with Crippen molar-refractivity contribution < 1.29 is 19.1 Å². The molecule has 1 atom stereocenters. The van der Waals surface area contributed by atoms with E-state index in [4.69, 9.17) is 16.0 Å². The second-order valence-corrected chi connectivity index (χ2v) is 8.10.